The molecule has 100 valence electrons. The number of carbonyl (C=O) groups is 1. The van der Waals surface area contributed by atoms with E-state index in [-0.39, 0.29) is 12.1 Å². The van der Waals surface area contributed by atoms with Gasteiger partial charge >= 0.3 is 0 Å². The molecule has 0 radical (unpaired) electrons. The Hall–Kier alpha value is -2.49. The molecule has 1 aromatic carbocycles. The Balaban J connectivity index is 2.95. The van der Waals surface area contributed by atoms with Crippen LogP contribution in [0.2, 0.25) is 0 Å². The molecule has 0 atom stereocenters. The van der Waals surface area contributed by atoms with E-state index in [1.165, 1.54) is 0 Å². The van der Waals surface area contributed by atoms with E-state index in [0.29, 0.717) is 6.07 Å². The first-order valence-electron chi connectivity index (χ1n) is 5.40. The Kier molecular flexibility index (Phi) is 4.17. The minimum absolute atomic E-state index is 0.0386. The average Bonchev–Trinajstić information content (AvgIpc) is 2.36. The minimum Gasteiger partial charge on any atom is -0.350 e. The highest BCUT2D eigenvalue weighted by Crippen LogP contribution is 2.20. The molecule has 1 rings (SSSR count). The zero-order valence-corrected chi connectivity index (χ0v) is 10.4. The molecular formula is C12H12FN3O3. The van der Waals surface area contributed by atoms with Crippen molar-refractivity contribution in [3.05, 3.63) is 39.7 Å². The van der Waals surface area contributed by atoms with E-state index >= 15 is 0 Å². The number of nitriles is 1. The number of halogens is 1. The summed E-state index contributed by atoms with van der Waals surface area (Å²) in [7, 11) is 0. The van der Waals surface area contributed by atoms with Crippen LogP contribution in [-0.2, 0) is 0 Å². The zero-order valence-electron chi connectivity index (χ0n) is 10.4. The molecule has 1 aromatic rings. The van der Waals surface area contributed by atoms with Crippen molar-refractivity contribution in [2.24, 2.45) is 5.41 Å². The number of rotatable bonds is 4. The number of hydrogen-bond acceptors (Lipinski definition) is 4. The Bertz CT molecular complexity index is 564. The van der Waals surface area contributed by atoms with Crippen LogP contribution in [-0.4, -0.2) is 17.4 Å². The van der Waals surface area contributed by atoms with Crippen molar-refractivity contribution >= 4 is 11.6 Å². The highest BCUT2D eigenvalue weighted by molar-refractivity contribution is 5.98. The van der Waals surface area contributed by atoms with E-state index in [1.807, 2.05) is 6.07 Å². The Morgan fingerprint density at radius 3 is 2.74 bits per heavy atom. The highest BCUT2D eigenvalue weighted by atomic mass is 19.1. The zero-order chi connectivity index (χ0) is 14.6. The van der Waals surface area contributed by atoms with Crippen LogP contribution < -0.4 is 5.32 Å². The van der Waals surface area contributed by atoms with Crippen LogP contribution in [0.1, 0.15) is 24.2 Å². The van der Waals surface area contributed by atoms with Crippen LogP contribution in [0.25, 0.3) is 0 Å². The third kappa shape index (κ3) is 3.74. The van der Waals surface area contributed by atoms with Crippen LogP contribution in [0, 0.1) is 32.7 Å². The van der Waals surface area contributed by atoms with Crippen LogP contribution in [0.3, 0.4) is 0 Å². The molecule has 1 amide bonds. The number of nitro benzene ring substituents is 1. The largest absolute Gasteiger partial charge is 0.350 e. The molecule has 0 aliphatic rings. The van der Waals surface area contributed by atoms with Gasteiger partial charge in [0.2, 0.25) is 0 Å². The minimum atomic E-state index is -0.826. The lowest BCUT2D eigenvalue weighted by Gasteiger charge is -2.15. The maximum Gasteiger partial charge on any atom is 0.285 e. The number of carbonyl (C=O) groups excluding carboxylic acids is 1. The number of nitro groups is 1. The van der Waals surface area contributed by atoms with Crippen LogP contribution in [0.15, 0.2) is 18.2 Å². The lowest BCUT2D eigenvalue weighted by Crippen LogP contribution is -2.33. The third-order valence-electron chi connectivity index (χ3n) is 2.39. The van der Waals surface area contributed by atoms with Gasteiger partial charge in [0.25, 0.3) is 11.6 Å². The average molecular weight is 265 g/mol. The molecule has 0 saturated carbocycles. The summed E-state index contributed by atoms with van der Waals surface area (Å²) in [5, 5.41) is 22.0. The van der Waals surface area contributed by atoms with Crippen LogP contribution in [0.4, 0.5) is 10.1 Å². The van der Waals surface area contributed by atoms with Gasteiger partial charge in [0.05, 0.1) is 22.5 Å². The molecule has 1 N–H and O–H groups in total. The van der Waals surface area contributed by atoms with Crippen molar-refractivity contribution < 1.29 is 14.1 Å². The summed E-state index contributed by atoms with van der Waals surface area (Å²) >= 11 is 0. The molecule has 0 heterocycles. The van der Waals surface area contributed by atoms with E-state index < -0.39 is 27.8 Å². The van der Waals surface area contributed by atoms with Crippen molar-refractivity contribution in [2.75, 3.05) is 6.54 Å². The Labute approximate surface area is 109 Å². The number of benzene rings is 1. The molecule has 0 saturated heterocycles. The topological polar surface area (TPSA) is 96.0 Å². The monoisotopic (exact) mass is 265 g/mol. The van der Waals surface area contributed by atoms with Gasteiger partial charge in [-0.3, -0.25) is 14.9 Å². The van der Waals surface area contributed by atoms with E-state index in [0.717, 1.165) is 12.1 Å². The van der Waals surface area contributed by atoms with Gasteiger partial charge in [0, 0.05) is 6.54 Å². The lowest BCUT2D eigenvalue weighted by molar-refractivity contribution is -0.385. The fraction of sp³-hybridized carbons (Fsp3) is 0.333. The van der Waals surface area contributed by atoms with E-state index in [2.05, 4.69) is 5.32 Å². The molecule has 0 spiro atoms. The fourth-order valence-electron chi connectivity index (χ4n) is 1.28. The molecule has 0 unspecified atom stereocenters. The quantitative estimate of drug-likeness (QED) is 0.665. The maximum atomic E-state index is 12.9. The molecule has 0 aliphatic heterocycles. The molecule has 0 aliphatic carbocycles. The highest BCUT2D eigenvalue weighted by Gasteiger charge is 2.23. The van der Waals surface area contributed by atoms with Gasteiger partial charge in [-0.15, -0.1) is 0 Å². The number of amides is 1. The van der Waals surface area contributed by atoms with Crippen LogP contribution >= 0.6 is 0 Å². The Morgan fingerprint density at radius 1 is 1.58 bits per heavy atom. The fourth-order valence-corrected chi connectivity index (χ4v) is 1.28. The first kappa shape index (κ1) is 14.6. The van der Waals surface area contributed by atoms with Crippen molar-refractivity contribution in [3.8, 4) is 6.07 Å². The van der Waals surface area contributed by atoms with E-state index in [4.69, 9.17) is 5.26 Å². The molecule has 6 nitrogen and oxygen atoms in total. The predicted octanol–water partition coefficient (Wildman–Crippen LogP) is 2.01. The summed E-state index contributed by atoms with van der Waals surface area (Å²) in [4.78, 5) is 21.7. The third-order valence-corrected chi connectivity index (χ3v) is 2.39. The van der Waals surface area contributed by atoms with Gasteiger partial charge in [-0.05, 0) is 26.0 Å². The summed E-state index contributed by atoms with van der Waals surface area (Å²) in [5.74, 6) is -1.50. The summed E-state index contributed by atoms with van der Waals surface area (Å²) < 4.78 is 12.9. The van der Waals surface area contributed by atoms with E-state index in [1.54, 1.807) is 13.8 Å². The number of nitrogens with one attached hydrogen (secondary N) is 1. The van der Waals surface area contributed by atoms with Crippen molar-refractivity contribution in [2.45, 2.75) is 13.8 Å². The molecular weight excluding hydrogens is 253 g/mol. The SMILES string of the molecule is CC(C)(C#N)CNC(=O)c1ccc(F)cc1[N+](=O)[O-]. The first-order valence-corrected chi connectivity index (χ1v) is 5.40. The van der Waals surface area contributed by atoms with Gasteiger partial charge in [-0.25, -0.2) is 4.39 Å². The number of nitrogens with zero attached hydrogens (tertiary/aromatic N) is 2. The Morgan fingerprint density at radius 2 is 2.21 bits per heavy atom. The van der Waals surface area contributed by atoms with Crippen LogP contribution in [0.5, 0.6) is 0 Å². The second kappa shape index (κ2) is 5.44. The summed E-state index contributed by atoms with van der Waals surface area (Å²) in [5.41, 5.74) is -1.63. The predicted molar refractivity (Wildman–Crippen MR) is 64.8 cm³/mol. The van der Waals surface area contributed by atoms with Gasteiger partial charge in [-0.2, -0.15) is 5.26 Å². The van der Waals surface area contributed by atoms with Gasteiger partial charge in [0.15, 0.2) is 0 Å². The van der Waals surface area contributed by atoms with Gasteiger partial charge < -0.3 is 5.32 Å². The number of hydrogen-bond donors (Lipinski definition) is 1. The second-order valence-electron chi connectivity index (χ2n) is 4.60. The van der Waals surface area contributed by atoms with Crippen molar-refractivity contribution in [1.29, 1.82) is 5.26 Å². The van der Waals surface area contributed by atoms with Crippen molar-refractivity contribution in [1.82, 2.24) is 5.32 Å². The van der Waals surface area contributed by atoms with Gasteiger partial charge in [-0.1, -0.05) is 0 Å². The summed E-state index contributed by atoms with van der Waals surface area (Å²) in [6.07, 6.45) is 0. The van der Waals surface area contributed by atoms with E-state index in [9.17, 15) is 19.3 Å². The standard InChI is InChI=1S/C12H12FN3O3/c1-12(2,6-14)7-15-11(17)9-4-3-8(13)5-10(9)16(18)19/h3-5H,7H2,1-2H3,(H,15,17). The van der Waals surface area contributed by atoms with Crippen molar-refractivity contribution in [3.63, 3.8) is 0 Å². The second-order valence-corrected chi connectivity index (χ2v) is 4.60. The van der Waals surface area contributed by atoms with Gasteiger partial charge in [0.1, 0.15) is 11.4 Å². The first-order chi connectivity index (χ1) is 8.76. The normalized spacial score (nSPS) is 10.6. The summed E-state index contributed by atoms with van der Waals surface area (Å²) in [6, 6.07) is 4.68. The summed E-state index contributed by atoms with van der Waals surface area (Å²) in [6.45, 7) is 3.27. The lowest BCUT2D eigenvalue weighted by atomic mass is 9.96. The molecule has 0 bridgehead atoms. The molecule has 7 heteroatoms. The molecule has 0 fully saturated rings. The molecule has 0 aromatic heterocycles. The molecule has 19 heavy (non-hydrogen) atoms. The maximum absolute atomic E-state index is 12.9. The smallest absolute Gasteiger partial charge is 0.285 e.